The number of aromatic nitrogens is 4. The van der Waals surface area contributed by atoms with Crippen LogP contribution >= 0.6 is 15.9 Å². The van der Waals surface area contributed by atoms with Crippen molar-refractivity contribution in [1.29, 1.82) is 5.26 Å². The van der Waals surface area contributed by atoms with Crippen molar-refractivity contribution < 1.29 is 4.39 Å². The molecule has 1 aromatic rings. The predicted molar refractivity (Wildman–Crippen MR) is 103 cm³/mol. The lowest BCUT2D eigenvalue weighted by Gasteiger charge is -2.00. The average Bonchev–Trinajstić information content (AvgIpc) is 2.92. The third kappa shape index (κ3) is 5.17. The maximum absolute atomic E-state index is 13.9. The van der Waals surface area contributed by atoms with Gasteiger partial charge in [0.05, 0.1) is 18.2 Å². The molecule has 0 saturated carbocycles. The van der Waals surface area contributed by atoms with Gasteiger partial charge in [-0.05, 0) is 35.4 Å². The van der Waals surface area contributed by atoms with Crippen molar-refractivity contribution in [2.24, 2.45) is 4.99 Å². The van der Waals surface area contributed by atoms with E-state index in [2.05, 4.69) is 36.3 Å². The quantitative estimate of drug-likeness (QED) is 0.719. The second-order valence-corrected chi connectivity index (χ2v) is 6.10. The van der Waals surface area contributed by atoms with Crippen molar-refractivity contribution >= 4 is 27.3 Å². The van der Waals surface area contributed by atoms with Crippen LogP contribution in [0.15, 0.2) is 57.5 Å². The van der Waals surface area contributed by atoms with Crippen LogP contribution in [0.25, 0.3) is 5.70 Å². The van der Waals surface area contributed by atoms with Crippen LogP contribution in [0.2, 0.25) is 0 Å². The molecule has 2 heterocycles. The number of hydrogen-bond donors (Lipinski definition) is 0. The van der Waals surface area contributed by atoms with Gasteiger partial charge in [0, 0.05) is 17.1 Å². The molecular formula is C18H18BrFN6. The van der Waals surface area contributed by atoms with E-state index in [4.69, 9.17) is 5.26 Å². The van der Waals surface area contributed by atoms with Crippen LogP contribution in [0, 0.1) is 11.3 Å². The Morgan fingerprint density at radius 1 is 1.31 bits per heavy atom. The van der Waals surface area contributed by atoms with E-state index < -0.39 is 5.83 Å². The Kier molecular flexibility index (Phi) is 7.36. The van der Waals surface area contributed by atoms with Crippen LogP contribution in [-0.4, -0.2) is 25.9 Å². The number of rotatable bonds is 3. The number of aliphatic imine (C=N–C) groups is 1. The molecule has 3 rings (SSSR count). The zero-order valence-corrected chi connectivity index (χ0v) is 16.1. The summed E-state index contributed by atoms with van der Waals surface area (Å²) in [6.07, 6.45) is 11.2. The maximum Gasteiger partial charge on any atom is 0.223 e. The monoisotopic (exact) mass is 416 g/mol. The van der Waals surface area contributed by atoms with Gasteiger partial charge >= 0.3 is 0 Å². The summed E-state index contributed by atoms with van der Waals surface area (Å²) in [6.45, 7) is 4.00. The zero-order valence-electron chi connectivity index (χ0n) is 14.5. The van der Waals surface area contributed by atoms with E-state index in [1.165, 1.54) is 16.9 Å². The van der Waals surface area contributed by atoms with Gasteiger partial charge in [0.2, 0.25) is 5.82 Å². The zero-order chi connectivity index (χ0) is 18.9. The molecule has 2 aliphatic rings. The summed E-state index contributed by atoms with van der Waals surface area (Å²) in [6, 6.07) is 2.01. The molecular weight excluding hydrogens is 399 g/mol. The normalized spacial score (nSPS) is 16.5. The summed E-state index contributed by atoms with van der Waals surface area (Å²) in [4.78, 5) is 5.58. The minimum absolute atomic E-state index is 0.160. The smallest absolute Gasteiger partial charge is 0.223 e. The van der Waals surface area contributed by atoms with E-state index in [0.29, 0.717) is 29.2 Å². The molecule has 0 amide bonds. The predicted octanol–water partition coefficient (Wildman–Crippen LogP) is 4.62. The first-order valence-electron chi connectivity index (χ1n) is 8.19. The van der Waals surface area contributed by atoms with Crippen LogP contribution in [0.4, 0.5) is 4.39 Å². The highest BCUT2D eigenvalue weighted by Gasteiger charge is 2.13. The van der Waals surface area contributed by atoms with Gasteiger partial charge in [-0.25, -0.2) is 4.39 Å². The van der Waals surface area contributed by atoms with Gasteiger partial charge < -0.3 is 0 Å². The Morgan fingerprint density at radius 2 is 2.12 bits per heavy atom. The number of nitriles is 1. The SMILES string of the molecule is CC.N#CCC1=CCC(n2nnc(C3=NC=C(Br)CC=C3)n2)=CC(F)=C1. The molecule has 0 saturated heterocycles. The molecule has 0 unspecified atom stereocenters. The fourth-order valence-electron chi connectivity index (χ4n) is 2.17. The summed E-state index contributed by atoms with van der Waals surface area (Å²) in [5, 5.41) is 21.0. The van der Waals surface area contributed by atoms with E-state index in [1.54, 1.807) is 12.3 Å². The second kappa shape index (κ2) is 9.73. The minimum Gasteiger partial charge on any atom is -0.252 e. The van der Waals surface area contributed by atoms with Gasteiger partial charge in [-0.15, -0.1) is 15.0 Å². The highest BCUT2D eigenvalue weighted by atomic mass is 79.9. The fraction of sp³-hybridized carbons (Fsp3) is 0.278. The van der Waals surface area contributed by atoms with Gasteiger partial charge in [-0.1, -0.05) is 41.9 Å². The third-order valence-electron chi connectivity index (χ3n) is 3.32. The largest absolute Gasteiger partial charge is 0.252 e. The Hall–Kier alpha value is -2.66. The molecule has 0 radical (unpaired) electrons. The second-order valence-electron chi connectivity index (χ2n) is 5.08. The summed E-state index contributed by atoms with van der Waals surface area (Å²) in [5.41, 5.74) is 1.75. The molecule has 134 valence electrons. The van der Waals surface area contributed by atoms with Crippen LogP contribution in [-0.2, 0) is 0 Å². The number of allylic oxidation sites excluding steroid dienone is 9. The average molecular weight is 417 g/mol. The first-order valence-corrected chi connectivity index (χ1v) is 8.98. The minimum atomic E-state index is -0.443. The number of tetrazole rings is 1. The first kappa shape index (κ1) is 19.7. The standard InChI is InChI=1S/C16H12BrFN6.C2H6/c17-12-2-1-3-15(20-10-12)16-21-23-24(22-16)14-5-4-11(6-7-19)8-13(18)9-14;1-2/h1,3-4,8-10H,2,5-6H2;1-2H3. The van der Waals surface area contributed by atoms with E-state index in [-0.39, 0.29) is 6.42 Å². The lowest BCUT2D eigenvalue weighted by atomic mass is 10.1. The van der Waals surface area contributed by atoms with Gasteiger partial charge in [0.1, 0.15) is 11.5 Å². The summed E-state index contributed by atoms with van der Waals surface area (Å²) < 4.78 is 14.9. The van der Waals surface area contributed by atoms with Gasteiger partial charge in [0.25, 0.3) is 0 Å². The third-order valence-corrected chi connectivity index (χ3v) is 3.84. The van der Waals surface area contributed by atoms with Crippen molar-refractivity contribution in [1.82, 2.24) is 20.2 Å². The Labute approximate surface area is 159 Å². The summed E-state index contributed by atoms with van der Waals surface area (Å²) in [7, 11) is 0. The first-order chi connectivity index (χ1) is 12.7. The lowest BCUT2D eigenvalue weighted by Crippen LogP contribution is -2.04. The van der Waals surface area contributed by atoms with Crippen molar-refractivity contribution in [2.75, 3.05) is 0 Å². The lowest BCUT2D eigenvalue weighted by molar-refractivity contribution is 0.660. The Balaban J connectivity index is 0.00000117. The Morgan fingerprint density at radius 3 is 2.88 bits per heavy atom. The number of nitrogens with zero attached hydrogens (tertiary/aromatic N) is 6. The fourth-order valence-corrected chi connectivity index (χ4v) is 2.46. The molecule has 6 nitrogen and oxygen atoms in total. The van der Waals surface area contributed by atoms with Gasteiger partial charge in [-0.3, -0.25) is 4.99 Å². The molecule has 0 atom stereocenters. The van der Waals surface area contributed by atoms with E-state index in [9.17, 15) is 4.39 Å². The van der Waals surface area contributed by atoms with E-state index >= 15 is 0 Å². The molecule has 1 aliphatic carbocycles. The molecule has 0 N–H and O–H groups in total. The van der Waals surface area contributed by atoms with E-state index in [1.807, 2.05) is 32.1 Å². The molecule has 26 heavy (non-hydrogen) atoms. The van der Waals surface area contributed by atoms with Crippen LogP contribution in [0.5, 0.6) is 0 Å². The molecule has 1 aliphatic heterocycles. The van der Waals surface area contributed by atoms with Crippen molar-refractivity contribution in [3.8, 4) is 6.07 Å². The molecule has 0 fully saturated rings. The number of hydrogen-bond acceptors (Lipinski definition) is 5. The van der Waals surface area contributed by atoms with Crippen LogP contribution < -0.4 is 0 Å². The molecule has 0 aromatic carbocycles. The van der Waals surface area contributed by atoms with Crippen molar-refractivity contribution in [3.63, 3.8) is 0 Å². The highest BCUT2D eigenvalue weighted by Crippen LogP contribution is 2.21. The van der Waals surface area contributed by atoms with Gasteiger partial charge in [0.15, 0.2) is 0 Å². The molecule has 0 bridgehead atoms. The van der Waals surface area contributed by atoms with Crippen LogP contribution in [0.1, 0.15) is 38.9 Å². The molecule has 8 heteroatoms. The summed E-state index contributed by atoms with van der Waals surface area (Å²) >= 11 is 3.39. The van der Waals surface area contributed by atoms with Crippen LogP contribution in [0.3, 0.4) is 0 Å². The summed E-state index contributed by atoms with van der Waals surface area (Å²) in [5.74, 6) is -0.0816. The van der Waals surface area contributed by atoms with Gasteiger partial charge in [-0.2, -0.15) is 5.26 Å². The maximum atomic E-state index is 13.9. The highest BCUT2D eigenvalue weighted by molar-refractivity contribution is 9.11. The molecule has 0 spiro atoms. The van der Waals surface area contributed by atoms with Crippen molar-refractivity contribution in [2.45, 2.75) is 33.1 Å². The van der Waals surface area contributed by atoms with E-state index in [0.717, 1.165) is 10.9 Å². The Bertz CT molecular complexity index is 880. The number of halogens is 2. The topological polar surface area (TPSA) is 79.8 Å². The van der Waals surface area contributed by atoms with Crippen molar-refractivity contribution in [3.05, 3.63) is 58.3 Å². The molecule has 1 aromatic heterocycles.